The monoisotopic (exact) mass is 561 g/mol. The number of amides is 3. The van der Waals surface area contributed by atoms with Gasteiger partial charge in [-0.15, -0.1) is 0 Å². The van der Waals surface area contributed by atoms with E-state index in [9.17, 15) is 19.2 Å². The smallest absolute Gasteiger partial charge is 0.411 e. The fourth-order valence-electron chi connectivity index (χ4n) is 3.92. The maximum atomic E-state index is 12.8. The number of ether oxygens (including phenoxy) is 2. The zero-order valence-electron chi connectivity index (χ0n) is 25.2. The van der Waals surface area contributed by atoms with Gasteiger partial charge in [0, 0.05) is 18.7 Å². The molecule has 9 heteroatoms. The number of carbonyl (C=O) groups is 4. The Bertz CT molecular complexity index is 895. The molecule has 40 heavy (non-hydrogen) atoms. The SMILES string of the molecule is CCCCCCCCCC(=O)N[C@@H](COC(=O)Nc1ccc(C(=O)OC(C)(C)C)cc1)C(=O)NCCCCCC. The molecule has 1 aromatic carbocycles. The summed E-state index contributed by atoms with van der Waals surface area (Å²) in [6.45, 7) is 9.86. The first-order valence-corrected chi connectivity index (χ1v) is 14.9. The highest BCUT2D eigenvalue weighted by molar-refractivity contribution is 5.91. The average Bonchev–Trinajstić information content (AvgIpc) is 2.89. The number of benzene rings is 1. The summed E-state index contributed by atoms with van der Waals surface area (Å²) in [4.78, 5) is 49.9. The van der Waals surface area contributed by atoms with E-state index in [0.717, 1.165) is 44.9 Å². The molecular weight excluding hydrogens is 510 g/mol. The van der Waals surface area contributed by atoms with E-state index in [1.165, 1.54) is 25.7 Å². The first-order chi connectivity index (χ1) is 19.1. The van der Waals surface area contributed by atoms with Crippen LogP contribution in [-0.4, -0.2) is 48.7 Å². The first-order valence-electron chi connectivity index (χ1n) is 14.9. The molecule has 0 bridgehead atoms. The molecule has 9 nitrogen and oxygen atoms in total. The quantitative estimate of drug-likeness (QED) is 0.131. The third-order valence-corrected chi connectivity index (χ3v) is 6.14. The highest BCUT2D eigenvalue weighted by Gasteiger charge is 2.23. The van der Waals surface area contributed by atoms with Gasteiger partial charge in [-0.2, -0.15) is 0 Å². The lowest BCUT2D eigenvalue weighted by Crippen LogP contribution is -2.50. The summed E-state index contributed by atoms with van der Waals surface area (Å²) in [6.07, 6.45) is 11.2. The topological polar surface area (TPSA) is 123 Å². The second-order valence-corrected chi connectivity index (χ2v) is 11.1. The molecule has 3 N–H and O–H groups in total. The van der Waals surface area contributed by atoms with Gasteiger partial charge in [-0.05, 0) is 57.9 Å². The van der Waals surface area contributed by atoms with E-state index in [4.69, 9.17) is 9.47 Å². The van der Waals surface area contributed by atoms with Crippen LogP contribution in [0.25, 0.3) is 0 Å². The molecule has 0 heterocycles. The first kappa shape index (κ1) is 34.9. The predicted molar refractivity (Wildman–Crippen MR) is 158 cm³/mol. The molecule has 1 atom stereocenters. The van der Waals surface area contributed by atoms with Crippen LogP contribution in [0.4, 0.5) is 10.5 Å². The van der Waals surface area contributed by atoms with Crippen molar-refractivity contribution < 1.29 is 28.7 Å². The van der Waals surface area contributed by atoms with E-state index in [1.54, 1.807) is 45.0 Å². The lowest BCUT2D eigenvalue weighted by atomic mass is 10.1. The number of hydrogen-bond donors (Lipinski definition) is 3. The molecular formula is C31H51N3O6. The van der Waals surface area contributed by atoms with E-state index < -0.39 is 23.7 Å². The van der Waals surface area contributed by atoms with Crippen molar-refractivity contribution in [3.63, 3.8) is 0 Å². The summed E-state index contributed by atoms with van der Waals surface area (Å²) in [5.74, 6) is -1.07. The van der Waals surface area contributed by atoms with Crippen molar-refractivity contribution in [1.29, 1.82) is 0 Å². The highest BCUT2D eigenvalue weighted by Crippen LogP contribution is 2.15. The Morgan fingerprint density at radius 1 is 0.800 bits per heavy atom. The van der Waals surface area contributed by atoms with E-state index in [-0.39, 0.29) is 18.4 Å². The van der Waals surface area contributed by atoms with Crippen LogP contribution >= 0.6 is 0 Å². The zero-order chi connectivity index (χ0) is 29.8. The summed E-state index contributed by atoms with van der Waals surface area (Å²) in [7, 11) is 0. The molecule has 0 saturated heterocycles. The fourth-order valence-corrected chi connectivity index (χ4v) is 3.92. The minimum absolute atomic E-state index is 0.235. The van der Waals surface area contributed by atoms with Gasteiger partial charge < -0.3 is 20.1 Å². The van der Waals surface area contributed by atoms with E-state index in [1.807, 2.05) is 0 Å². The zero-order valence-corrected chi connectivity index (χ0v) is 25.2. The lowest BCUT2D eigenvalue weighted by Gasteiger charge is -2.19. The molecule has 0 aromatic heterocycles. The normalized spacial score (nSPS) is 11.8. The van der Waals surface area contributed by atoms with Crippen molar-refractivity contribution in [3.05, 3.63) is 29.8 Å². The molecule has 226 valence electrons. The third-order valence-electron chi connectivity index (χ3n) is 6.14. The van der Waals surface area contributed by atoms with Gasteiger partial charge in [-0.25, -0.2) is 9.59 Å². The number of unbranched alkanes of at least 4 members (excludes halogenated alkanes) is 9. The van der Waals surface area contributed by atoms with Gasteiger partial charge in [0.25, 0.3) is 0 Å². The second kappa shape index (κ2) is 19.9. The van der Waals surface area contributed by atoms with Crippen LogP contribution in [0.15, 0.2) is 24.3 Å². The number of hydrogen-bond acceptors (Lipinski definition) is 6. The number of rotatable bonds is 19. The molecule has 0 aliphatic rings. The summed E-state index contributed by atoms with van der Waals surface area (Å²) in [5.41, 5.74) is 0.158. The summed E-state index contributed by atoms with van der Waals surface area (Å²) in [6, 6.07) is 5.23. The van der Waals surface area contributed by atoms with Crippen molar-refractivity contribution in [1.82, 2.24) is 10.6 Å². The molecule has 0 spiro atoms. The van der Waals surface area contributed by atoms with E-state index >= 15 is 0 Å². The van der Waals surface area contributed by atoms with Crippen LogP contribution in [0.2, 0.25) is 0 Å². The van der Waals surface area contributed by atoms with E-state index in [0.29, 0.717) is 24.2 Å². The van der Waals surface area contributed by atoms with Crippen molar-refractivity contribution in [3.8, 4) is 0 Å². The number of anilines is 1. The van der Waals surface area contributed by atoms with Gasteiger partial charge in [0.05, 0.1) is 5.56 Å². The fraction of sp³-hybridized carbons (Fsp3) is 0.677. The Morgan fingerprint density at radius 2 is 1.38 bits per heavy atom. The van der Waals surface area contributed by atoms with Crippen molar-refractivity contribution in [2.24, 2.45) is 0 Å². The van der Waals surface area contributed by atoms with Gasteiger partial charge in [0.2, 0.25) is 11.8 Å². The molecule has 0 unspecified atom stereocenters. The second-order valence-electron chi connectivity index (χ2n) is 11.1. The van der Waals surface area contributed by atoms with Gasteiger partial charge in [0.1, 0.15) is 18.2 Å². The molecule has 0 aliphatic heterocycles. The number of carbonyl (C=O) groups excluding carboxylic acids is 4. The maximum Gasteiger partial charge on any atom is 0.411 e. The Morgan fingerprint density at radius 3 is 1.98 bits per heavy atom. The molecule has 1 rings (SSSR count). The van der Waals surface area contributed by atoms with Gasteiger partial charge >= 0.3 is 12.1 Å². The minimum Gasteiger partial charge on any atom is -0.456 e. The summed E-state index contributed by atoms with van der Waals surface area (Å²) in [5, 5.41) is 8.15. The molecule has 0 saturated carbocycles. The summed E-state index contributed by atoms with van der Waals surface area (Å²) < 4.78 is 10.6. The van der Waals surface area contributed by atoms with Crippen molar-refractivity contribution in [2.75, 3.05) is 18.5 Å². The van der Waals surface area contributed by atoms with Crippen LogP contribution in [-0.2, 0) is 19.1 Å². The largest absolute Gasteiger partial charge is 0.456 e. The van der Waals surface area contributed by atoms with Crippen LogP contribution in [0.5, 0.6) is 0 Å². The van der Waals surface area contributed by atoms with Gasteiger partial charge in [-0.1, -0.05) is 71.6 Å². The molecule has 0 aliphatic carbocycles. The van der Waals surface area contributed by atoms with Crippen molar-refractivity contribution in [2.45, 2.75) is 123 Å². The minimum atomic E-state index is -0.983. The summed E-state index contributed by atoms with van der Waals surface area (Å²) >= 11 is 0. The Hall–Kier alpha value is -3.10. The molecule has 0 radical (unpaired) electrons. The Balaban J connectivity index is 2.60. The number of esters is 1. The molecule has 3 amide bonds. The standard InChI is InChI=1S/C31H51N3O6/c1-6-8-10-12-13-14-15-17-27(35)34-26(28(36)32-22-16-11-9-7-2)23-39-30(38)33-25-20-18-24(19-21-25)29(37)40-31(3,4)5/h18-21,26H,6-17,22-23H2,1-5H3,(H,32,36)(H,33,38)(H,34,35)/t26-/m0/s1. The van der Waals surface area contributed by atoms with E-state index in [2.05, 4.69) is 29.8 Å². The predicted octanol–water partition coefficient (Wildman–Crippen LogP) is 6.51. The molecule has 0 fully saturated rings. The molecule has 1 aromatic rings. The lowest BCUT2D eigenvalue weighted by molar-refractivity contribution is -0.130. The van der Waals surface area contributed by atoms with Gasteiger partial charge in [-0.3, -0.25) is 14.9 Å². The Kier molecular flexibility index (Phi) is 17.4. The van der Waals surface area contributed by atoms with Crippen LogP contribution in [0.1, 0.15) is 122 Å². The highest BCUT2D eigenvalue weighted by atomic mass is 16.6. The third kappa shape index (κ3) is 16.8. The van der Waals surface area contributed by atoms with Crippen molar-refractivity contribution >= 4 is 29.6 Å². The maximum absolute atomic E-state index is 12.8. The average molecular weight is 562 g/mol. The van der Waals surface area contributed by atoms with Crippen LogP contribution < -0.4 is 16.0 Å². The van der Waals surface area contributed by atoms with Crippen LogP contribution in [0.3, 0.4) is 0 Å². The van der Waals surface area contributed by atoms with Crippen LogP contribution in [0, 0.1) is 0 Å². The van der Waals surface area contributed by atoms with Gasteiger partial charge in [0.15, 0.2) is 0 Å². The number of nitrogens with one attached hydrogen (secondary N) is 3. The Labute approximate surface area is 240 Å².